The van der Waals surface area contributed by atoms with Crippen LogP contribution in [0.2, 0.25) is 0 Å². The van der Waals surface area contributed by atoms with E-state index >= 15 is 0 Å². The molecule has 0 aliphatic carbocycles. The molecule has 1 N–H and O–H groups in total. The van der Waals surface area contributed by atoms with Crippen molar-refractivity contribution in [3.8, 4) is 0 Å². The summed E-state index contributed by atoms with van der Waals surface area (Å²) in [7, 11) is 0. The van der Waals surface area contributed by atoms with Crippen LogP contribution in [0.1, 0.15) is 20.3 Å². The second kappa shape index (κ2) is 4.42. The Balaban J connectivity index is 2.68. The molecular formula is C9H14ClN3. The third-order valence-electron chi connectivity index (χ3n) is 2.08. The Morgan fingerprint density at radius 2 is 2.38 bits per heavy atom. The number of nitrogens with one attached hydrogen (secondary N) is 1. The summed E-state index contributed by atoms with van der Waals surface area (Å²) >= 11 is 5.85. The number of nitrogens with zero attached hydrogens (tertiary/aromatic N) is 2. The molecule has 0 amide bonds. The summed E-state index contributed by atoms with van der Waals surface area (Å²) in [6, 6.07) is 3.73. The van der Waals surface area contributed by atoms with Crippen LogP contribution in [-0.2, 0) is 0 Å². The summed E-state index contributed by atoms with van der Waals surface area (Å²) in [4.78, 5) is 0. The van der Waals surface area contributed by atoms with Gasteiger partial charge in [-0.3, -0.25) is 0 Å². The highest BCUT2D eigenvalue weighted by Gasteiger charge is 2.20. The molecular weight excluding hydrogens is 186 g/mol. The summed E-state index contributed by atoms with van der Waals surface area (Å²) in [5.41, 5.74) is -0.0996. The van der Waals surface area contributed by atoms with Gasteiger partial charge in [0.05, 0.1) is 0 Å². The van der Waals surface area contributed by atoms with Gasteiger partial charge in [0.1, 0.15) is 5.82 Å². The Morgan fingerprint density at radius 3 is 2.85 bits per heavy atom. The molecule has 0 saturated carbocycles. The first-order valence-electron chi connectivity index (χ1n) is 4.32. The minimum atomic E-state index is -0.0996. The molecule has 72 valence electrons. The number of anilines is 1. The van der Waals surface area contributed by atoms with E-state index in [4.69, 9.17) is 11.6 Å². The Kier molecular flexibility index (Phi) is 3.48. The highest BCUT2D eigenvalue weighted by atomic mass is 35.5. The summed E-state index contributed by atoms with van der Waals surface area (Å²) in [6.07, 6.45) is 2.60. The van der Waals surface area contributed by atoms with Gasteiger partial charge in [-0.05, 0) is 25.5 Å². The van der Waals surface area contributed by atoms with Crippen molar-refractivity contribution in [2.24, 2.45) is 0 Å². The molecule has 0 fully saturated rings. The predicted octanol–water partition coefficient (Wildman–Crippen LogP) is 2.30. The highest BCUT2D eigenvalue weighted by Crippen LogP contribution is 2.17. The minimum absolute atomic E-state index is 0.0996. The number of aromatic nitrogens is 2. The molecule has 13 heavy (non-hydrogen) atoms. The predicted molar refractivity (Wildman–Crippen MR) is 55.1 cm³/mol. The van der Waals surface area contributed by atoms with Crippen LogP contribution in [0.5, 0.6) is 0 Å². The van der Waals surface area contributed by atoms with Gasteiger partial charge in [-0.25, -0.2) is 0 Å². The van der Waals surface area contributed by atoms with Crippen LogP contribution in [0, 0.1) is 0 Å². The molecule has 0 bridgehead atoms. The van der Waals surface area contributed by atoms with Gasteiger partial charge in [0, 0.05) is 17.6 Å². The van der Waals surface area contributed by atoms with Gasteiger partial charge in [-0.15, -0.1) is 16.7 Å². The maximum Gasteiger partial charge on any atom is 0.149 e. The molecule has 1 unspecified atom stereocenters. The van der Waals surface area contributed by atoms with E-state index < -0.39 is 0 Å². The molecule has 0 aromatic carbocycles. The van der Waals surface area contributed by atoms with E-state index in [-0.39, 0.29) is 5.54 Å². The van der Waals surface area contributed by atoms with Gasteiger partial charge < -0.3 is 5.32 Å². The smallest absolute Gasteiger partial charge is 0.149 e. The van der Waals surface area contributed by atoms with Crippen LogP contribution >= 0.6 is 11.6 Å². The lowest BCUT2D eigenvalue weighted by atomic mass is 10.0. The lowest BCUT2D eigenvalue weighted by Gasteiger charge is -2.27. The topological polar surface area (TPSA) is 37.8 Å². The first-order valence-corrected chi connectivity index (χ1v) is 4.85. The van der Waals surface area contributed by atoms with Crippen molar-refractivity contribution in [2.75, 3.05) is 11.2 Å². The van der Waals surface area contributed by atoms with E-state index in [1.165, 1.54) is 0 Å². The fourth-order valence-corrected chi connectivity index (χ4v) is 1.15. The Hall–Kier alpha value is -0.830. The van der Waals surface area contributed by atoms with Crippen LogP contribution in [0.3, 0.4) is 0 Å². The van der Waals surface area contributed by atoms with Gasteiger partial charge in [0.2, 0.25) is 0 Å². The van der Waals surface area contributed by atoms with Gasteiger partial charge in [-0.1, -0.05) is 6.92 Å². The monoisotopic (exact) mass is 199 g/mol. The van der Waals surface area contributed by atoms with Crippen molar-refractivity contribution < 1.29 is 0 Å². The molecule has 1 rings (SSSR count). The van der Waals surface area contributed by atoms with Crippen LogP contribution < -0.4 is 5.32 Å². The fraction of sp³-hybridized carbons (Fsp3) is 0.556. The second-order valence-electron chi connectivity index (χ2n) is 3.28. The lowest BCUT2D eigenvalue weighted by Crippen LogP contribution is -2.36. The lowest BCUT2D eigenvalue weighted by molar-refractivity contribution is 0.550. The Bertz CT molecular complexity index is 246. The molecule has 0 aliphatic heterocycles. The summed E-state index contributed by atoms with van der Waals surface area (Å²) in [5, 5.41) is 11.0. The largest absolute Gasteiger partial charge is 0.362 e. The quantitative estimate of drug-likeness (QED) is 0.757. The molecule has 0 radical (unpaired) electrons. The molecule has 1 aromatic rings. The molecule has 0 aliphatic rings. The number of alkyl halides is 1. The highest BCUT2D eigenvalue weighted by molar-refractivity contribution is 6.18. The number of rotatable bonds is 4. The minimum Gasteiger partial charge on any atom is -0.362 e. The average Bonchev–Trinajstić information content (AvgIpc) is 2.19. The Labute approximate surface area is 83.5 Å². The van der Waals surface area contributed by atoms with Gasteiger partial charge in [-0.2, -0.15) is 5.10 Å². The van der Waals surface area contributed by atoms with E-state index in [0.29, 0.717) is 5.88 Å². The zero-order valence-electron chi connectivity index (χ0n) is 7.92. The summed E-state index contributed by atoms with van der Waals surface area (Å²) < 4.78 is 0. The van der Waals surface area contributed by atoms with Crippen molar-refractivity contribution >= 4 is 17.4 Å². The fourth-order valence-electron chi connectivity index (χ4n) is 0.894. The number of hydrogen-bond donors (Lipinski definition) is 1. The maximum atomic E-state index is 5.85. The van der Waals surface area contributed by atoms with E-state index in [1.54, 1.807) is 6.20 Å². The molecule has 1 aromatic heterocycles. The van der Waals surface area contributed by atoms with Crippen LogP contribution in [0.15, 0.2) is 18.3 Å². The van der Waals surface area contributed by atoms with Gasteiger partial charge >= 0.3 is 0 Å². The zero-order chi connectivity index (χ0) is 9.73. The SMILES string of the molecule is CCC(C)(CCl)Nc1cccnn1. The van der Waals surface area contributed by atoms with Gasteiger partial charge in [0.25, 0.3) is 0 Å². The van der Waals surface area contributed by atoms with Crippen LogP contribution in [-0.4, -0.2) is 21.6 Å². The Morgan fingerprint density at radius 1 is 1.62 bits per heavy atom. The van der Waals surface area contributed by atoms with Crippen molar-refractivity contribution in [1.82, 2.24) is 10.2 Å². The summed E-state index contributed by atoms with van der Waals surface area (Å²) in [5.74, 6) is 1.33. The number of hydrogen-bond acceptors (Lipinski definition) is 3. The van der Waals surface area contributed by atoms with E-state index in [9.17, 15) is 0 Å². The molecule has 0 saturated heterocycles. The van der Waals surface area contributed by atoms with Crippen molar-refractivity contribution in [3.63, 3.8) is 0 Å². The van der Waals surface area contributed by atoms with Crippen molar-refractivity contribution in [3.05, 3.63) is 18.3 Å². The third kappa shape index (κ3) is 2.84. The molecule has 3 nitrogen and oxygen atoms in total. The molecule has 1 atom stereocenters. The first-order chi connectivity index (χ1) is 6.20. The van der Waals surface area contributed by atoms with Crippen molar-refractivity contribution in [2.45, 2.75) is 25.8 Å². The van der Waals surface area contributed by atoms with Crippen LogP contribution in [0.4, 0.5) is 5.82 Å². The zero-order valence-corrected chi connectivity index (χ0v) is 8.67. The molecule has 0 spiro atoms. The van der Waals surface area contributed by atoms with E-state index in [0.717, 1.165) is 12.2 Å². The van der Waals surface area contributed by atoms with Crippen molar-refractivity contribution in [1.29, 1.82) is 0 Å². The van der Waals surface area contributed by atoms with Crippen LogP contribution in [0.25, 0.3) is 0 Å². The van der Waals surface area contributed by atoms with E-state index in [1.807, 2.05) is 12.1 Å². The van der Waals surface area contributed by atoms with E-state index in [2.05, 4.69) is 29.4 Å². The third-order valence-corrected chi connectivity index (χ3v) is 2.67. The maximum absolute atomic E-state index is 5.85. The molecule has 1 heterocycles. The second-order valence-corrected chi connectivity index (χ2v) is 3.55. The average molecular weight is 200 g/mol. The normalized spacial score (nSPS) is 15.0. The first kappa shape index (κ1) is 10.3. The number of halogens is 1. The van der Waals surface area contributed by atoms with Gasteiger partial charge in [0.15, 0.2) is 0 Å². The standard InChI is InChI=1S/C9H14ClN3/c1-3-9(2,7-10)12-8-5-4-6-11-13-8/h4-6H,3,7H2,1-2H3,(H,12,13). The summed E-state index contributed by atoms with van der Waals surface area (Å²) in [6.45, 7) is 4.15. The molecule has 4 heteroatoms.